The van der Waals surface area contributed by atoms with E-state index in [0.717, 1.165) is 5.56 Å². The fourth-order valence-electron chi connectivity index (χ4n) is 3.91. The molecule has 136 valence electrons. The van der Waals surface area contributed by atoms with Crippen molar-refractivity contribution < 1.29 is 18.4 Å². The number of aromatic nitrogens is 1. The summed E-state index contributed by atoms with van der Waals surface area (Å²) in [5.74, 6) is -1.50. The molecule has 6 nitrogen and oxygen atoms in total. The number of hydrogen-bond acceptors (Lipinski definition) is 5. The third-order valence-corrected chi connectivity index (χ3v) is 5.28. The topological polar surface area (TPSA) is 66.7 Å². The van der Waals surface area contributed by atoms with Crippen LogP contribution in [0.2, 0.25) is 0 Å². The number of rotatable bonds is 3. The van der Waals surface area contributed by atoms with E-state index in [1.165, 1.54) is 17.0 Å². The van der Waals surface area contributed by atoms with Gasteiger partial charge in [-0.05, 0) is 17.7 Å². The fraction of sp³-hybridized carbons (Fsp3) is 0.250. The summed E-state index contributed by atoms with van der Waals surface area (Å²) in [6, 6.07) is 13.9. The maximum absolute atomic E-state index is 13.3. The van der Waals surface area contributed by atoms with Crippen LogP contribution in [0.25, 0.3) is 11.1 Å². The molecule has 0 radical (unpaired) electrons. The molecule has 2 aromatic carbocycles. The maximum atomic E-state index is 13.3. The van der Waals surface area contributed by atoms with Crippen molar-refractivity contribution in [2.75, 3.05) is 18.0 Å². The largest absolute Gasteiger partial charge is 0.423 e. The van der Waals surface area contributed by atoms with Crippen LogP contribution in [0.5, 0.6) is 0 Å². The van der Waals surface area contributed by atoms with E-state index in [1.54, 1.807) is 11.0 Å². The molecule has 2 atom stereocenters. The van der Waals surface area contributed by atoms with Crippen LogP contribution < -0.4 is 4.90 Å². The summed E-state index contributed by atoms with van der Waals surface area (Å²) in [4.78, 5) is 33.0. The Bertz CT molecular complexity index is 1030. The number of imide groups is 1. The summed E-state index contributed by atoms with van der Waals surface area (Å²) in [6.45, 7) is 1.04. The van der Waals surface area contributed by atoms with Crippen molar-refractivity contribution in [2.45, 2.75) is 6.54 Å². The maximum Gasteiger partial charge on any atom is 0.298 e. The van der Waals surface area contributed by atoms with Crippen molar-refractivity contribution in [3.63, 3.8) is 0 Å². The van der Waals surface area contributed by atoms with Crippen molar-refractivity contribution in [1.82, 2.24) is 9.88 Å². The molecule has 1 aromatic heterocycles. The van der Waals surface area contributed by atoms with Gasteiger partial charge in [-0.25, -0.2) is 4.39 Å². The summed E-state index contributed by atoms with van der Waals surface area (Å²) in [7, 11) is 0. The van der Waals surface area contributed by atoms with Gasteiger partial charge in [-0.3, -0.25) is 14.5 Å². The average molecular weight is 365 g/mol. The third kappa shape index (κ3) is 2.58. The first kappa shape index (κ1) is 16.0. The van der Waals surface area contributed by atoms with Gasteiger partial charge in [0, 0.05) is 19.2 Å². The van der Waals surface area contributed by atoms with Crippen molar-refractivity contribution >= 4 is 28.9 Å². The number of fused-ring (bicyclic) bond motifs is 2. The summed E-state index contributed by atoms with van der Waals surface area (Å²) in [5.41, 5.74) is 1.83. The summed E-state index contributed by atoms with van der Waals surface area (Å²) in [5, 5.41) is 0. The predicted molar refractivity (Wildman–Crippen MR) is 95.2 cm³/mol. The Morgan fingerprint density at radius 3 is 2.44 bits per heavy atom. The number of carbonyl (C=O) groups excluding carboxylic acids is 2. The Kier molecular flexibility index (Phi) is 3.50. The zero-order valence-electron chi connectivity index (χ0n) is 14.3. The Hall–Kier alpha value is -3.22. The number of likely N-dealkylation sites (tertiary alicyclic amines) is 1. The molecule has 2 unspecified atom stereocenters. The van der Waals surface area contributed by atoms with Crippen LogP contribution >= 0.6 is 0 Å². The van der Waals surface area contributed by atoms with Crippen LogP contribution in [0, 0.1) is 17.7 Å². The molecule has 27 heavy (non-hydrogen) atoms. The Morgan fingerprint density at radius 1 is 1.04 bits per heavy atom. The molecule has 2 aliphatic heterocycles. The molecule has 2 aliphatic rings. The minimum atomic E-state index is -0.398. The van der Waals surface area contributed by atoms with E-state index in [0.29, 0.717) is 36.7 Å². The Balaban J connectivity index is 1.36. The van der Waals surface area contributed by atoms with Gasteiger partial charge in [-0.1, -0.05) is 30.3 Å². The molecule has 7 heteroatoms. The summed E-state index contributed by atoms with van der Waals surface area (Å²) < 4.78 is 19.0. The predicted octanol–water partition coefficient (Wildman–Crippen LogP) is 2.59. The lowest BCUT2D eigenvalue weighted by molar-refractivity contribution is -0.140. The molecular weight excluding hydrogens is 349 g/mol. The molecule has 0 bridgehead atoms. The number of oxazole rings is 1. The van der Waals surface area contributed by atoms with Crippen LogP contribution in [0.1, 0.15) is 5.56 Å². The quantitative estimate of drug-likeness (QED) is 0.668. The molecule has 3 heterocycles. The molecule has 0 spiro atoms. The number of carbonyl (C=O) groups is 2. The normalized spacial score (nSPS) is 22.1. The lowest BCUT2D eigenvalue weighted by Gasteiger charge is -2.19. The lowest BCUT2D eigenvalue weighted by atomic mass is 10.00. The van der Waals surface area contributed by atoms with Crippen LogP contribution in [0.15, 0.2) is 52.9 Å². The Labute approximate surface area is 154 Å². The van der Waals surface area contributed by atoms with Gasteiger partial charge in [0.1, 0.15) is 11.3 Å². The number of halogens is 1. The van der Waals surface area contributed by atoms with Crippen LogP contribution in [0.3, 0.4) is 0 Å². The molecular formula is C20H16FN3O3. The monoisotopic (exact) mass is 365 g/mol. The highest BCUT2D eigenvalue weighted by Crippen LogP contribution is 2.37. The number of amides is 2. The summed E-state index contributed by atoms with van der Waals surface area (Å²) >= 11 is 0. The van der Waals surface area contributed by atoms with Gasteiger partial charge in [-0.2, -0.15) is 4.98 Å². The first-order valence-electron chi connectivity index (χ1n) is 8.80. The van der Waals surface area contributed by atoms with Crippen molar-refractivity contribution in [2.24, 2.45) is 11.8 Å². The second kappa shape index (κ2) is 5.90. The van der Waals surface area contributed by atoms with Gasteiger partial charge in [0.25, 0.3) is 6.01 Å². The zero-order valence-corrected chi connectivity index (χ0v) is 14.3. The highest BCUT2D eigenvalue weighted by atomic mass is 19.1. The van der Waals surface area contributed by atoms with Crippen LogP contribution in [0.4, 0.5) is 10.4 Å². The average Bonchev–Trinajstić information content (AvgIpc) is 3.34. The van der Waals surface area contributed by atoms with E-state index < -0.39 is 17.7 Å². The number of benzene rings is 2. The zero-order chi connectivity index (χ0) is 18.5. The Morgan fingerprint density at radius 2 is 1.74 bits per heavy atom. The minimum Gasteiger partial charge on any atom is -0.423 e. The smallest absolute Gasteiger partial charge is 0.298 e. The molecule has 0 saturated carbocycles. The first-order chi connectivity index (χ1) is 13.1. The molecule has 2 fully saturated rings. The molecule has 5 rings (SSSR count). The first-order valence-corrected chi connectivity index (χ1v) is 8.80. The fourth-order valence-corrected chi connectivity index (χ4v) is 3.91. The SMILES string of the molecule is O=C1C2CN(c3nc4ccc(F)cc4o3)CC2C(=O)N1Cc1ccccc1. The molecule has 0 aliphatic carbocycles. The van der Waals surface area contributed by atoms with Crippen molar-refractivity contribution in [3.05, 3.63) is 59.9 Å². The second-order valence-electron chi connectivity index (χ2n) is 6.97. The molecule has 3 aromatic rings. The lowest BCUT2D eigenvalue weighted by Crippen LogP contribution is -2.35. The van der Waals surface area contributed by atoms with E-state index in [1.807, 2.05) is 30.3 Å². The molecule has 2 amide bonds. The minimum absolute atomic E-state index is 0.154. The van der Waals surface area contributed by atoms with Crippen molar-refractivity contribution in [3.8, 4) is 0 Å². The second-order valence-corrected chi connectivity index (χ2v) is 6.97. The van der Waals surface area contributed by atoms with Gasteiger partial charge >= 0.3 is 0 Å². The van der Waals surface area contributed by atoms with E-state index in [-0.39, 0.29) is 11.8 Å². The van der Waals surface area contributed by atoms with Crippen LogP contribution in [-0.4, -0.2) is 34.8 Å². The van der Waals surface area contributed by atoms with Gasteiger partial charge in [0.15, 0.2) is 5.58 Å². The third-order valence-electron chi connectivity index (χ3n) is 5.28. The standard InChI is InChI=1S/C20H16FN3O3/c21-13-6-7-16-17(8-13)27-20(22-16)23-10-14-15(11-23)19(26)24(18(14)25)9-12-4-2-1-3-5-12/h1-8,14-15H,9-11H2. The highest BCUT2D eigenvalue weighted by Gasteiger charge is 2.53. The van der Waals surface area contributed by atoms with E-state index in [4.69, 9.17) is 4.42 Å². The van der Waals surface area contributed by atoms with E-state index in [9.17, 15) is 14.0 Å². The molecule has 0 N–H and O–H groups in total. The van der Waals surface area contributed by atoms with Gasteiger partial charge in [0.05, 0.1) is 18.4 Å². The van der Waals surface area contributed by atoms with E-state index in [2.05, 4.69) is 4.98 Å². The number of nitrogens with zero attached hydrogens (tertiary/aromatic N) is 3. The highest BCUT2D eigenvalue weighted by molar-refractivity contribution is 6.06. The van der Waals surface area contributed by atoms with Crippen molar-refractivity contribution in [1.29, 1.82) is 0 Å². The number of anilines is 1. The van der Waals surface area contributed by atoms with E-state index >= 15 is 0 Å². The van der Waals surface area contributed by atoms with Gasteiger partial charge in [0.2, 0.25) is 11.8 Å². The van der Waals surface area contributed by atoms with Crippen LogP contribution in [-0.2, 0) is 16.1 Å². The van der Waals surface area contributed by atoms with Gasteiger partial charge < -0.3 is 9.32 Å². The molecule has 2 saturated heterocycles. The number of hydrogen-bond donors (Lipinski definition) is 0. The van der Waals surface area contributed by atoms with Gasteiger partial charge in [-0.15, -0.1) is 0 Å². The summed E-state index contributed by atoms with van der Waals surface area (Å²) in [6.07, 6.45) is 0.